The largest absolute Gasteiger partial charge is 0.315 e. The van der Waals surface area contributed by atoms with Crippen LogP contribution in [0, 0.1) is 0 Å². The summed E-state index contributed by atoms with van der Waals surface area (Å²) in [5.74, 6) is 0.167. The van der Waals surface area contributed by atoms with E-state index in [4.69, 9.17) is 0 Å². The summed E-state index contributed by atoms with van der Waals surface area (Å²) in [6.45, 7) is 1.98. The number of ketones is 1. The van der Waals surface area contributed by atoms with Gasteiger partial charge in [0.15, 0.2) is 5.78 Å². The fourth-order valence-electron chi connectivity index (χ4n) is 2.35. The van der Waals surface area contributed by atoms with Gasteiger partial charge in [0.2, 0.25) is 5.91 Å². The maximum Gasteiger partial charge on any atom is 0.231 e. The lowest BCUT2D eigenvalue weighted by Gasteiger charge is -2.14. The molecule has 0 saturated heterocycles. The number of carbonyl (C=O) groups is 2. The fraction of sp³-hybridized carbons (Fsp3) is 0.429. The molecule has 1 aliphatic heterocycles. The minimum Gasteiger partial charge on any atom is -0.315 e. The maximum absolute atomic E-state index is 12.2. The molecule has 1 N–H and O–H groups in total. The summed E-state index contributed by atoms with van der Waals surface area (Å²) in [4.78, 5) is 25.4. The summed E-state index contributed by atoms with van der Waals surface area (Å²) < 4.78 is 0. The van der Waals surface area contributed by atoms with E-state index in [2.05, 4.69) is 5.32 Å². The van der Waals surface area contributed by atoms with Gasteiger partial charge in [-0.15, -0.1) is 0 Å². The van der Waals surface area contributed by atoms with E-state index in [1.165, 1.54) is 0 Å². The topological polar surface area (TPSA) is 49.4 Å². The Morgan fingerprint density at radius 3 is 2.83 bits per heavy atom. The van der Waals surface area contributed by atoms with E-state index >= 15 is 0 Å². The molecule has 0 bridgehead atoms. The van der Waals surface area contributed by atoms with Crippen molar-refractivity contribution >= 4 is 17.4 Å². The fourth-order valence-corrected chi connectivity index (χ4v) is 2.35. The van der Waals surface area contributed by atoms with Gasteiger partial charge >= 0.3 is 0 Å². The highest BCUT2D eigenvalue weighted by Crippen LogP contribution is 2.28. The highest BCUT2D eigenvalue weighted by Gasteiger charge is 2.25. The predicted octanol–water partition coefficient (Wildman–Crippen LogP) is 1.39. The number of nitrogens with one attached hydrogen (secondary N) is 1. The molecular weight excluding hydrogens is 228 g/mol. The van der Waals surface area contributed by atoms with Crippen molar-refractivity contribution in [3.8, 4) is 0 Å². The van der Waals surface area contributed by atoms with Gasteiger partial charge in [0.25, 0.3) is 0 Å². The van der Waals surface area contributed by atoms with E-state index in [0.717, 1.165) is 17.7 Å². The van der Waals surface area contributed by atoms with Crippen molar-refractivity contribution in [3.63, 3.8) is 0 Å². The number of nitrogens with zero attached hydrogens (tertiary/aromatic N) is 1. The van der Waals surface area contributed by atoms with Gasteiger partial charge in [0.1, 0.15) is 0 Å². The van der Waals surface area contributed by atoms with Gasteiger partial charge in [-0.3, -0.25) is 9.59 Å². The van der Waals surface area contributed by atoms with Gasteiger partial charge in [-0.05, 0) is 37.2 Å². The van der Waals surface area contributed by atoms with Gasteiger partial charge in [-0.25, -0.2) is 0 Å². The molecule has 1 atom stereocenters. The lowest BCUT2D eigenvalue weighted by molar-refractivity contribution is -0.117. The normalized spacial score (nSPS) is 15.7. The molecule has 0 aromatic heterocycles. The number of hydrogen-bond donors (Lipinski definition) is 1. The second-order valence-electron chi connectivity index (χ2n) is 4.59. The lowest BCUT2D eigenvalue weighted by atomic mass is 9.99. The molecular formula is C14H18N2O2. The highest BCUT2D eigenvalue weighted by atomic mass is 16.2. The highest BCUT2D eigenvalue weighted by molar-refractivity contribution is 6.04. The third-order valence-corrected chi connectivity index (χ3v) is 3.51. The number of Topliss-reactive ketones (excluding diaryl/α,β-unsaturated/α-hetero) is 1. The van der Waals surface area contributed by atoms with Gasteiger partial charge in [0, 0.05) is 18.3 Å². The molecule has 1 heterocycles. The third kappa shape index (κ3) is 2.04. The van der Waals surface area contributed by atoms with Gasteiger partial charge in [-0.2, -0.15) is 0 Å². The lowest BCUT2D eigenvalue weighted by Crippen LogP contribution is -2.33. The smallest absolute Gasteiger partial charge is 0.231 e. The Labute approximate surface area is 107 Å². The number of anilines is 1. The Balaban J connectivity index is 2.31. The first kappa shape index (κ1) is 12.8. The van der Waals surface area contributed by atoms with Crippen LogP contribution >= 0.6 is 0 Å². The summed E-state index contributed by atoms with van der Waals surface area (Å²) >= 11 is 0. The Morgan fingerprint density at radius 2 is 2.22 bits per heavy atom. The molecule has 0 radical (unpaired) electrons. The summed E-state index contributed by atoms with van der Waals surface area (Å²) in [6.07, 6.45) is 1.15. The quantitative estimate of drug-likeness (QED) is 0.817. The van der Waals surface area contributed by atoms with Crippen LogP contribution in [0.3, 0.4) is 0 Å². The van der Waals surface area contributed by atoms with Crippen molar-refractivity contribution in [2.45, 2.75) is 25.8 Å². The monoisotopic (exact) mass is 246 g/mol. The Morgan fingerprint density at radius 1 is 1.50 bits per heavy atom. The maximum atomic E-state index is 12.2. The minimum absolute atomic E-state index is 0.0789. The summed E-state index contributed by atoms with van der Waals surface area (Å²) in [5.41, 5.74) is 2.53. The number of carbonyl (C=O) groups excluding carboxylic acids is 2. The number of hydrogen-bond acceptors (Lipinski definition) is 3. The van der Waals surface area contributed by atoms with E-state index in [1.807, 2.05) is 19.1 Å². The zero-order valence-electron chi connectivity index (χ0n) is 11.0. The first-order chi connectivity index (χ1) is 8.58. The average molecular weight is 246 g/mol. The molecule has 96 valence electrons. The molecule has 0 fully saturated rings. The molecule has 0 spiro atoms. The van der Waals surface area contributed by atoms with E-state index in [-0.39, 0.29) is 17.7 Å². The molecule has 0 aliphatic carbocycles. The van der Waals surface area contributed by atoms with Gasteiger partial charge < -0.3 is 10.2 Å². The van der Waals surface area contributed by atoms with Crippen LogP contribution in [0.25, 0.3) is 0 Å². The van der Waals surface area contributed by atoms with E-state index in [9.17, 15) is 9.59 Å². The van der Waals surface area contributed by atoms with Crippen LogP contribution in [0.2, 0.25) is 0 Å². The van der Waals surface area contributed by atoms with E-state index in [1.54, 1.807) is 25.1 Å². The van der Waals surface area contributed by atoms with Crippen LogP contribution in [-0.2, 0) is 11.2 Å². The number of benzene rings is 1. The number of rotatable bonds is 4. The molecule has 0 saturated carbocycles. The van der Waals surface area contributed by atoms with Crippen molar-refractivity contribution in [3.05, 3.63) is 29.3 Å². The number of amides is 1. The van der Waals surface area contributed by atoms with Crippen LogP contribution in [0.4, 0.5) is 5.69 Å². The van der Waals surface area contributed by atoms with Crippen molar-refractivity contribution in [1.29, 1.82) is 0 Å². The van der Waals surface area contributed by atoms with Crippen molar-refractivity contribution in [2.24, 2.45) is 0 Å². The minimum atomic E-state index is -0.155. The zero-order chi connectivity index (χ0) is 13.3. The molecule has 1 aromatic rings. The standard InChI is InChI=1S/C14H18N2O2/c1-4-11(15-2)14(18)9-5-6-12-10(7-9)8-13(17)16(12)3/h5-7,11,15H,4,8H2,1-3H3. The first-order valence-corrected chi connectivity index (χ1v) is 6.19. The molecule has 1 amide bonds. The molecule has 18 heavy (non-hydrogen) atoms. The Hall–Kier alpha value is -1.68. The van der Waals surface area contributed by atoms with Gasteiger partial charge in [-0.1, -0.05) is 6.92 Å². The van der Waals surface area contributed by atoms with Gasteiger partial charge in [0.05, 0.1) is 12.5 Å². The van der Waals surface area contributed by atoms with Crippen LogP contribution in [0.15, 0.2) is 18.2 Å². The van der Waals surface area contributed by atoms with Crippen LogP contribution < -0.4 is 10.2 Å². The predicted molar refractivity (Wildman–Crippen MR) is 71.0 cm³/mol. The average Bonchev–Trinajstić information content (AvgIpc) is 2.66. The first-order valence-electron chi connectivity index (χ1n) is 6.19. The Bertz CT molecular complexity index is 493. The molecule has 4 nitrogen and oxygen atoms in total. The molecule has 1 aliphatic rings. The van der Waals surface area contributed by atoms with E-state index < -0.39 is 0 Å². The van der Waals surface area contributed by atoms with Crippen molar-refractivity contribution in [2.75, 3.05) is 19.0 Å². The third-order valence-electron chi connectivity index (χ3n) is 3.51. The van der Waals surface area contributed by atoms with Crippen LogP contribution in [0.1, 0.15) is 29.3 Å². The SMILES string of the molecule is CCC(NC)C(=O)c1ccc2c(c1)CC(=O)N2C. The second kappa shape index (κ2) is 4.90. The summed E-state index contributed by atoms with van der Waals surface area (Å²) in [6, 6.07) is 5.35. The zero-order valence-corrected chi connectivity index (χ0v) is 11.0. The summed E-state index contributed by atoms with van der Waals surface area (Å²) in [5, 5.41) is 3.01. The molecule has 1 unspecified atom stereocenters. The number of fused-ring (bicyclic) bond motifs is 1. The summed E-state index contributed by atoms with van der Waals surface area (Å²) in [7, 11) is 3.55. The van der Waals surface area contributed by atoms with Crippen LogP contribution in [0.5, 0.6) is 0 Å². The molecule has 2 rings (SSSR count). The van der Waals surface area contributed by atoms with E-state index in [0.29, 0.717) is 12.0 Å². The molecule has 1 aromatic carbocycles. The molecule has 4 heteroatoms. The Kier molecular flexibility index (Phi) is 3.48. The van der Waals surface area contributed by atoms with Crippen LogP contribution in [-0.4, -0.2) is 31.8 Å². The second-order valence-corrected chi connectivity index (χ2v) is 4.59. The number of likely N-dealkylation sites (N-methyl/N-ethyl adjacent to an activating group) is 2. The van der Waals surface area contributed by atoms with Crippen molar-refractivity contribution in [1.82, 2.24) is 5.32 Å². The van der Waals surface area contributed by atoms with Crippen molar-refractivity contribution < 1.29 is 9.59 Å².